The summed E-state index contributed by atoms with van der Waals surface area (Å²) in [7, 11) is 1.53. The number of hydrogen-bond acceptors (Lipinski definition) is 8. The number of aromatic nitrogens is 2. The highest BCUT2D eigenvalue weighted by Gasteiger charge is 2.18. The van der Waals surface area contributed by atoms with Crippen LogP contribution in [0.25, 0.3) is 5.57 Å². The number of hydrazone groups is 2. The summed E-state index contributed by atoms with van der Waals surface area (Å²) in [5.41, 5.74) is 2.29. The summed E-state index contributed by atoms with van der Waals surface area (Å²) < 4.78 is 19.1. The van der Waals surface area contributed by atoms with Gasteiger partial charge in [0.25, 0.3) is 0 Å². The molecule has 0 unspecified atom stereocenters. The van der Waals surface area contributed by atoms with Crippen molar-refractivity contribution in [3.63, 3.8) is 0 Å². The van der Waals surface area contributed by atoms with Crippen molar-refractivity contribution in [1.82, 2.24) is 15.1 Å². The largest absolute Gasteiger partial charge is 0.500 e. The molecule has 0 bridgehead atoms. The molecule has 0 spiro atoms. The van der Waals surface area contributed by atoms with Gasteiger partial charge in [-0.1, -0.05) is 12.7 Å². The molecular weight excluding hydrogens is 413 g/mol. The van der Waals surface area contributed by atoms with Crippen LogP contribution in [0.2, 0.25) is 0 Å². The van der Waals surface area contributed by atoms with Gasteiger partial charge in [-0.15, -0.1) is 0 Å². The van der Waals surface area contributed by atoms with E-state index in [9.17, 15) is 9.18 Å². The second kappa shape index (κ2) is 12.0. The van der Waals surface area contributed by atoms with E-state index in [0.29, 0.717) is 29.2 Å². The summed E-state index contributed by atoms with van der Waals surface area (Å²) >= 11 is 0. The lowest BCUT2D eigenvalue weighted by Crippen LogP contribution is -2.27. The maximum absolute atomic E-state index is 13.8. The van der Waals surface area contributed by atoms with Crippen molar-refractivity contribution in [3.05, 3.63) is 60.2 Å². The van der Waals surface area contributed by atoms with Crippen LogP contribution >= 0.6 is 0 Å². The number of amides is 1. The number of nitrogens with zero attached hydrogens (tertiary/aromatic N) is 6. The zero-order valence-electron chi connectivity index (χ0n) is 18.4. The summed E-state index contributed by atoms with van der Waals surface area (Å²) in [5, 5.41) is 11.9. The minimum absolute atomic E-state index is 0.198. The van der Waals surface area contributed by atoms with Crippen LogP contribution in [0.15, 0.2) is 69.7 Å². The number of allylic oxidation sites excluding steroid dienone is 6. The maximum Gasteiger partial charge on any atom is 0.249 e. The lowest BCUT2D eigenvalue weighted by molar-refractivity contribution is -0.117. The number of carbonyl (C=O) groups is 1. The van der Waals surface area contributed by atoms with Crippen LogP contribution in [0.4, 0.5) is 10.2 Å². The van der Waals surface area contributed by atoms with E-state index in [-0.39, 0.29) is 24.6 Å². The number of nitrogens with one attached hydrogen (secondary N) is 1. The number of anilines is 1. The Morgan fingerprint density at radius 2 is 2.19 bits per heavy atom. The second-order valence-electron chi connectivity index (χ2n) is 6.53. The predicted molar refractivity (Wildman–Crippen MR) is 125 cm³/mol. The topological polar surface area (TPSA) is 104 Å². The van der Waals surface area contributed by atoms with Crippen molar-refractivity contribution in [2.24, 2.45) is 15.2 Å². The van der Waals surface area contributed by atoms with Gasteiger partial charge >= 0.3 is 0 Å². The molecule has 32 heavy (non-hydrogen) atoms. The van der Waals surface area contributed by atoms with E-state index in [1.54, 1.807) is 19.2 Å². The molecule has 1 N–H and O–H groups in total. The third kappa shape index (κ3) is 6.79. The molecule has 1 aliphatic rings. The molecular formula is C22H26FN7O2. The van der Waals surface area contributed by atoms with Crippen LogP contribution in [0.5, 0.6) is 0 Å². The fourth-order valence-electron chi connectivity index (χ4n) is 2.85. The molecule has 1 aromatic rings. The van der Waals surface area contributed by atoms with Crippen LogP contribution in [0.3, 0.4) is 0 Å². The van der Waals surface area contributed by atoms with Gasteiger partial charge in [-0.05, 0) is 19.9 Å². The normalized spacial score (nSPS) is 14.8. The summed E-state index contributed by atoms with van der Waals surface area (Å²) in [4.78, 5) is 24.7. The Kier molecular flexibility index (Phi) is 9.15. The van der Waals surface area contributed by atoms with Crippen LogP contribution in [0.1, 0.15) is 32.4 Å². The maximum atomic E-state index is 13.8. The highest BCUT2D eigenvalue weighted by Crippen LogP contribution is 2.31. The number of aliphatic imine (C=N–C) groups is 1. The van der Waals surface area contributed by atoms with Gasteiger partial charge < -0.3 is 10.1 Å². The van der Waals surface area contributed by atoms with E-state index in [0.717, 1.165) is 10.7 Å². The Morgan fingerprint density at radius 1 is 1.41 bits per heavy atom. The molecule has 1 aromatic heterocycles. The van der Waals surface area contributed by atoms with Crippen LogP contribution < -0.4 is 5.32 Å². The minimum Gasteiger partial charge on any atom is -0.500 e. The Labute approximate surface area is 186 Å². The quantitative estimate of drug-likeness (QED) is 0.440. The third-order valence-corrected chi connectivity index (χ3v) is 4.41. The average molecular weight is 439 g/mol. The molecule has 0 radical (unpaired) electrons. The molecule has 0 saturated heterocycles. The van der Waals surface area contributed by atoms with Gasteiger partial charge in [-0.25, -0.2) is 14.4 Å². The molecule has 1 heterocycles. The molecule has 0 aromatic carbocycles. The Bertz CT molecular complexity index is 1020. The van der Waals surface area contributed by atoms with Crippen molar-refractivity contribution in [1.29, 1.82) is 0 Å². The van der Waals surface area contributed by atoms with E-state index >= 15 is 0 Å². The highest BCUT2D eigenvalue weighted by molar-refractivity contribution is 6.15. The number of halogens is 1. The first-order valence-electron chi connectivity index (χ1n) is 9.77. The SMILES string of the molecule is C=CN=CC(=C\C)/C(C)=N/N(CC(=O)Nc1cc(C2=C(OC)CCC(F)=C2)ncn1)N=C. The molecule has 1 amide bonds. The standard InChI is InChI=1S/C22H26FN7O2/c1-6-16(12-25-7-2)15(3)29-30(24-4)13-22(31)28-21-11-19(26-14-27-21)18-10-17(23)8-9-20(18)32-5/h6-7,10-12,14H,2,4,8-9,13H2,1,3,5H3,(H,26,27,28,31)/b16-6+,25-12?,29-15+. The zero-order chi connectivity index (χ0) is 23.5. The van der Waals surface area contributed by atoms with Crippen LogP contribution in [-0.4, -0.2) is 53.3 Å². The van der Waals surface area contributed by atoms with Gasteiger partial charge in [-0.2, -0.15) is 15.3 Å². The molecule has 0 saturated carbocycles. The van der Waals surface area contributed by atoms with Crippen molar-refractivity contribution in [2.45, 2.75) is 26.7 Å². The van der Waals surface area contributed by atoms with E-state index in [1.165, 1.54) is 25.7 Å². The zero-order valence-corrected chi connectivity index (χ0v) is 18.4. The van der Waals surface area contributed by atoms with Gasteiger partial charge in [0.1, 0.15) is 30.3 Å². The summed E-state index contributed by atoms with van der Waals surface area (Å²) in [5.74, 6) is 0.185. The summed E-state index contributed by atoms with van der Waals surface area (Å²) in [6.07, 6.45) is 8.21. The lowest BCUT2D eigenvalue weighted by atomic mass is 10.0. The first-order chi connectivity index (χ1) is 15.4. The van der Waals surface area contributed by atoms with E-state index in [2.05, 4.69) is 43.8 Å². The number of ether oxygens (including phenoxy) is 1. The summed E-state index contributed by atoms with van der Waals surface area (Å²) in [6, 6.07) is 1.55. The van der Waals surface area contributed by atoms with E-state index in [4.69, 9.17) is 4.74 Å². The van der Waals surface area contributed by atoms with Gasteiger partial charge in [0.05, 0.1) is 18.5 Å². The molecule has 168 valence electrons. The number of rotatable bonds is 10. The third-order valence-electron chi connectivity index (χ3n) is 4.41. The minimum atomic E-state index is -0.424. The smallest absolute Gasteiger partial charge is 0.249 e. The number of carbonyl (C=O) groups excluding carboxylic acids is 1. The van der Waals surface area contributed by atoms with Gasteiger partial charge in [0.15, 0.2) is 0 Å². The van der Waals surface area contributed by atoms with Gasteiger partial charge in [-0.3, -0.25) is 9.79 Å². The first-order valence-corrected chi connectivity index (χ1v) is 9.77. The molecule has 0 atom stereocenters. The van der Waals surface area contributed by atoms with Crippen molar-refractivity contribution in [2.75, 3.05) is 19.0 Å². The van der Waals surface area contributed by atoms with Gasteiger partial charge in [0.2, 0.25) is 5.91 Å². The Balaban J connectivity index is 2.14. The molecule has 0 fully saturated rings. The summed E-state index contributed by atoms with van der Waals surface area (Å²) in [6.45, 7) is 10.4. The fraction of sp³-hybridized carbons (Fsp3) is 0.273. The number of hydrogen-bond donors (Lipinski definition) is 1. The molecule has 10 heteroatoms. The average Bonchev–Trinajstić information content (AvgIpc) is 2.79. The van der Waals surface area contributed by atoms with Gasteiger partial charge in [0, 0.05) is 49.2 Å². The number of methoxy groups -OCH3 is 1. The Hall–Kier alpha value is -3.95. The van der Waals surface area contributed by atoms with Crippen LogP contribution in [-0.2, 0) is 9.53 Å². The molecule has 0 aliphatic heterocycles. The van der Waals surface area contributed by atoms with E-state index < -0.39 is 5.91 Å². The van der Waals surface area contributed by atoms with Crippen LogP contribution in [0, 0.1) is 0 Å². The molecule has 2 rings (SSSR count). The van der Waals surface area contributed by atoms with E-state index in [1.807, 2.05) is 13.0 Å². The highest BCUT2D eigenvalue weighted by atomic mass is 19.1. The molecule has 1 aliphatic carbocycles. The second-order valence-corrected chi connectivity index (χ2v) is 6.53. The molecule has 9 nitrogen and oxygen atoms in total. The van der Waals surface area contributed by atoms with Crippen molar-refractivity contribution >= 4 is 35.9 Å². The monoisotopic (exact) mass is 439 g/mol. The fourth-order valence-corrected chi connectivity index (χ4v) is 2.85. The Morgan fingerprint density at radius 3 is 2.84 bits per heavy atom. The predicted octanol–water partition coefficient (Wildman–Crippen LogP) is 3.87. The first kappa shape index (κ1) is 24.3. The van der Waals surface area contributed by atoms with Crippen molar-refractivity contribution < 1.29 is 13.9 Å². The van der Waals surface area contributed by atoms with Crippen molar-refractivity contribution in [3.8, 4) is 0 Å². The lowest BCUT2D eigenvalue weighted by Gasteiger charge is -2.16.